The number of hydrogen-bond donors (Lipinski definition) is 2. The first-order chi connectivity index (χ1) is 16.9. The highest BCUT2D eigenvalue weighted by atomic mass is 16.2. The summed E-state index contributed by atoms with van der Waals surface area (Å²) in [5.41, 5.74) is 2.41. The zero-order valence-electron chi connectivity index (χ0n) is 20.1. The van der Waals surface area contributed by atoms with Gasteiger partial charge in [0.1, 0.15) is 0 Å². The average Bonchev–Trinajstić information content (AvgIpc) is 2.94. The zero-order valence-corrected chi connectivity index (χ0v) is 20.1. The van der Waals surface area contributed by atoms with Crippen LogP contribution in [0.25, 0.3) is 0 Å². The highest BCUT2D eigenvalue weighted by Crippen LogP contribution is 2.38. The summed E-state index contributed by atoms with van der Waals surface area (Å²) >= 11 is 0. The number of anilines is 4. The number of fused-ring (bicyclic) bond motifs is 1. The first kappa shape index (κ1) is 24.0. The van der Waals surface area contributed by atoms with Gasteiger partial charge in [-0.15, -0.1) is 0 Å². The Morgan fingerprint density at radius 2 is 1.37 bits per heavy atom. The summed E-state index contributed by atoms with van der Waals surface area (Å²) < 4.78 is 0. The van der Waals surface area contributed by atoms with E-state index in [-0.39, 0.29) is 5.92 Å². The molecule has 0 aromatic heterocycles. The van der Waals surface area contributed by atoms with Gasteiger partial charge in [0.2, 0.25) is 0 Å². The molecule has 2 N–H and O–H groups in total. The van der Waals surface area contributed by atoms with Gasteiger partial charge in [-0.05, 0) is 48.2 Å². The van der Waals surface area contributed by atoms with Crippen LogP contribution >= 0.6 is 0 Å². The standard InChI is InChI=1S/C28H30N4O3/c1-19(2)20(3)18-31-23-16-10-11-17-24(23)32(22-14-8-5-9-15-22)27(34)25(26(31)33)30-28(35)29-21-12-6-4-7-13-21/h4-17,19-20,25H,18H2,1-3H3,(H2,29,30,35). The van der Waals surface area contributed by atoms with Crippen LogP contribution in [0.5, 0.6) is 0 Å². The fraction of sp³-hybridized carbons (Fsp3) is 0.250. The summed E-state index contributed by atoms with van der Waals surface area (Å²) in [5.74, 6) is -0.482. The number of para-hydroxylation sites is 4. The number of carbonyl (C=O) groups is 3. The predicted molar refractivity (Wildman–Crippen MR) is 139 cm³/mol. The monoisotopic (exact) mass is 470 g/mol. The van der Waals surface area contributed by atoms with Crippen LogP contribution in [0, 0.1) is 11.8 Å². The average molecular weight is 471 g/mol. The van der Waals surface area contributed by atoms with Crippen LogP contribution in [-0.4, -0.2) is 30.4 Å². The van der Waals surface area contributed by atoms with E-state index in [1.54, 1.807) is 29.2 Å². The van der Waals surface area contributed by atoms with Gasteiger partial charge < -0.3 is 15.5 Å². The van der Waals surface area contributed by atoms with Gasteiger partial charge in [0.05, 0.1) is 11.4 Å². The lowest BCUT2D eigenvalue weighted by atomic mass is 9.97. The van der Waals surface area contributed by atoms with Gasteiger partial charge >= 0.3 is 6.03 Å². The first-order valence-corrected chi connectivity index (χ1v) is 11.8. The van der Waals surface area contributed by atoms with E-state index in [0.717, 1.165) is 0 Å². The van der Waals surface area contributed by atoms with Gasteiger partial charge in [0.15, 0.2) is 6.04 Å². The second kappa shape index (κ2) is 10.4. The van der Waals surface area contributed by atoms with Gasteiger partial charge in [0, 0.05) is 17.9 Å². The third-order valence-electron chi connectivity index (χ3n) is 6.32. The molecular formula is C28H30N4O3. The van der Waals surface area contributed by atoms with E-state index < -0.39 is 23.9 Å². The maximum absolute atomic E-state index is 13.9. The van der Waals surface area contributed by atoms with Gasteiger partial charge in [-0.3, -0.25) is 14.5 Å². The van der Waals surface area contributed by atoms with Crippen molar-refractivity contribution in [1.29, 1.82) is 0 Å². The Kier molecular flexibility index (Phi) is 7.15. The molecule has 0 bridgehead atoms. The summed E-state index contributed by atoms with van der Waals surface area (Å²) in [5, 5.41) is 5.35. The lowest BCUT2D eigenvalue weighted by Crippen LogP contribution is -2.56. The van der Waals surface area contributed by atoms with Crippen LogP contribution < -0.4 is 20.4 Å². The number of benzene rings is 3. The molecule has 0 saturated heterocycles. The lowest BCUT2D eigenvalue weighted by Gasteiger charge is -2.29. The Morgan fingerprint density at radius 1 is 0.800 bits per heavy atom. The summed E-state index contributed by atoms with van der Waals surface area (Å²) in [7, 11) is 0. The molecule has 4 amide bonds. The van der Waals surface area contributed by atoms with Crippen molar-refractivity contribution in [3.63, 3.8) is 0 Å². The van der Waals surface area contributed by atoms with E-state index in [1.165, 1.54) is 4.90 Å². The molecule has 1 heterocycles. The summed E-state index contributed by atoms with van der Waals surface area (Å²) in [6.07, 6.45) is 0. The van der Waals surface area contributed by atoms with E-state index in [1.807, 2.05) is 60.7 Å². The maximum atomic E-state index is 13.9. The summed E-state index contributed by atoms with van der Waals surface area (Å²) in [4.78, 5) is 43.8. The Balaban J connectivity index is 1.76. The molecule has 2 atom stereocenters. The van der Waals surface area contributed by atoms with E-state index in [4.69, 9.17) is 0 Å². The molecule has 1 aliphatic heterocycles. The summed E-state index contributed by atoms with van der Waals surface area (Å²) in [6.45, 7) is 6.70. The van der Waals surface area contributed by atoms with E-state index in [2.05, 4.69) is 31.4 Å². The number of nitrogens with one attached hydrogen (secondary N) is 2. The van der Waals surface area contributed by atoms with Gasteiger partial charge in [0.25, 0.3) is 11.8 Å². The molecule has 2 unspecified atom stereocenters. The van der Waals surface area contributed by atoms with E-state index >= 15 is 0 Å². The van der Waals surface area contributed by atoms with Crippen LogP contribution in [0.4, 0.5) is 27.5 Å². The molecule has 0 fully saturated rings. The van der Waals surface area contributed by atoms with Gasteiger partial charge in [-0.2, -0.15) is 0 Å². The molecule has 7 nitrogen and oxygen atoms in total. The van der Waals surface area contributed by atoms with Crippen LogP contribution in [0.3, 0.4) is 0 Å². The molecule has 0 spiro atoms. The molecular weight excluding hydrogens is 440 g/mol. The molecule has 7 heteroatoms. The second-order valence-corrected chi connectivity index (χ2v) is 9.07. The van der Waals surface area contributed by atoms with Crippen molar-refractivity contribution < 1.29 is 14.4 Å². The van der Waals surface area contributed by atoms with Crippen LogP contribution in [0.15, 0.2) is 84.9 Å². The molecule has 0 aliphatic carbocycles. The van der Waals surface area contributed by atoms with Crippen LogP contribution in [-0.2, 0) is 9.59 Å². The molecule has 4 rings (SSSR count). The van der Waals surface area contributed by atoms with Crippen molar-refractivity contribution in [2.24, 2.45) is 11.8 Å². The van der Waals surface area contributed by atoms with Crippen molar-refractivity contribution in [1.82, 2.24) is 5.32 Å². The number of rotatable bonds is 6. The Hall–Kier alpha value is -4.13. The Bertz CT molecular complexity index is 1200. The molecule has 1 aliphatic rings. The minimum absolute atomic E-state index is 0.171. The number of urea groups is 1. The third kappa shape index (κ3) is 5.19. The molecule has 0 saturated carbocycles. The van der Waals surface area contributed by atoms with Crippen molar-refractivity contribution in [3.8, 4) is 0 Å². The molecule has 35 heavy (non-hydrogen) atoms. The third-order valence-corrected chi connectivity index (χ3v) is 6.32. The fourth-order valence-corrected chi connectivity index (χ4v) is 3.98. The smallest absolute Gasteiger partial charge is 0.318 e. The second-order valence-electron chi connectivity index (χ2n) is 9.07. The normalized spacial score (nSPS) is 16.5. The molecule has 3 aromatic carbocycles. The van der Waals surface area contributed by atoms with E-state index in [0.29, 0.717) is 35.2 Å². The summed E-state index contributed by atoms with van der Waals surface area (Å²) in [6, 6.07) is 23.4. The Morgan fingerprint density at radius 3 is 2.00 bits per heavy atom. The largest absolute Gasteiger partial charge is 0.320 e. The van der Waals surface area contributed by atoms with Crippen molar-refractivity contribution >= 4 is 40.6 Å². The zero-order chi connectivity index (χ0) is 24.9. The van der Waals surface area contributed by atoms with E-state index in [9.17, 15) is 14.4 Å². The maximum Gasteiger partial charge on any atom is 0.320 e. The molecule has 180 valence electrons. The number of nitrogens with zero attached hydrogens (tertiary/aromatic N) is 2. The van der Waals surface area contributed by atoms with Gasteiger partial charge in [-0.25, -0.2) is 4.79 Å². The minimum atomic E-state index is -1.40. The minimum Gasteiger partial charge on any atom is -0.318 e. The molecule has 0 radical (unpaired) electrons. The molecule has 3 aromatic rings. The van der Waals surface area contributed by atoms with Crippen molar-refractivity contribution in [3.05, 3.63) is 84.9 Å². The van der Waals surface area contributed by atoms with Crippen LogP contribution in [0.1, 0.15) is 20.8 Å². The highest BCUT2D eigenvalue weighted by Gasteiger charge is 2.42. The fourth-order valence-electron chi connectivity index (χ4n) is 3.98. The SMILES string of the molecule is CC(C)C(C)CN1C(=O)C(NC(=O)Nc2ccccc2)C(=O)N(c2ccccc2)c2ccccc21. The van der Waals surface area contributed by atoms with Crippen LogP contribution in [0.2, 0.25) is 0 Å². The Labute approximate surface area is 205 Å². The van der Waals surface area contributed by atoms with Crippen molar-refractivity contribution in [2.45, 2.75) is 26.8 Å². The van der Waals surface area contributed by atoms with Crippen molar-refractivity contribution in [2.75, 3.05) is 21.7 Å². The quantitative estimate of drug-likeness (QED) is 0.487. The topological polar surface area (TPSA) is 81.8 Å². The van der Waals surface area contributed by atoms with Gasteiger partial charge in [-0.1, -0.05) is 69.3 Å². The predicted octanol–water partition coefficient (Wildman–Crippen LogP) is 5.18. The number of carbonyl (C=O) groups excluding carboxylic acids is 3. The number of hydrogen-bond acceptors (Lipinski definition) is 3. The lowest BCUT2D eigenvalue weighted by molar-refractivity contribution is -0.128. The highest BCUT2D eigenvalue weighted by molar-refractivity contribution is 6.24. The number of amides is 4. The first-order valence-electron chi connectivity index (χ1n) is 11.8.